The Morgan fingerprint density at radius 2 is 1.27 bits per heavy atom. The maximum atomic E-state index is 3.86. The average Bonchev–Trinajstić information content (AvgIpc) is 2.58. The van der Waals surface area contributed by atoms with Crippen LogP contribution in [0.25, 0.3) is 0 Å². The summed E-state index contributed by atoms with van der Waals surface area (Å²) < 4.78 is 0. The normalized spacial score (nSPS) is 17.2. The van der Waals surface area contributed by atoms with E-state index in [-0.39, 0.29) is 0 Å². The van der Waals surface area contributed by atoms with Crippen molar-refractivity contribution in [1.29, 1.82) is 0 Å². The van der Waals surface area contributed by atoms with Gasteiger partial charge in [0.2, 0.25) is 0 Å². The Labute approximate surface area is 92.7 Å². The van der Waals surface area contributed by atoms with Crippen LogP contribution in [-0.2, 0) is 0 Å². The molecule has 0 saturated heterocycles. The molecule has 15 heavy (non-hydrogen) atoms. The fourth-order valence-corrected chi connectivity index (χ4v) is 1.83. The first-order chi connectivity index (χ1) is 7.28. The lowest BCUT2D eigenvalue weighted by Crippen LogP contribution is -1.82. The number of hydrogen-bond acceptors (Lipinski definition) is 0. The van der Waals surface area contributed by atoms with Crippen molar-refractivity contribution in [2.75, 3.05) is 0 Å². The number of allylic oxidation sites excluding steroid dienone is 10. The van der Waals surface area contributed by atoms with Crippen LogP contribution in [0.5, 0.6) is 0 Å². The smallest absolute Gasteiger partial charge is 0.00139 e. The van der Waals surface area contributed by atoms with Crippen LogP contribution < -0.4 is 0 Å². The summed E-state index contributed by atoms with van der Waals surface area (Å²) in [4.78, 5) is 0. The van der Waals surface area contributed by atoms with Gasteiger partial charge in [0.25, 0.3) is 0 Å². The highest BCUT2D eigenvalue weighted by atomic mass is 14.2. The van der Waals surface area contributed by atoms with Crippen LogP contribution in [-0.4, -0.2) is 0 Å². The zero-order valence-corrected chi connectivity index (χ0v) is 9.59. The van der Waals surface area contributed by atoms with Gasteiger partial charge in [0.05, 0.1) is 0 Å². The molecule has 0 aromatic rings. The molecule has 0 bridgehead atoms. The molecule has 0 amide bonds. The van der Waals surface area contributed by atoms with Crippen LogP contribution in [0, 0.1) is 0 Å². The maximum Gasteiger partial charge on any atom is -0.00139 e. The van der Waals surface area contributed by atoms with Gasteiger partial charge in [-0.25, -0.2) is 0 Å². The van der Waals surface area contributed by atoms with Crippen molar-refractivity contribution < 1.29 is 0 Å². The molecule has 1 aliphatic rings. The van der Waals surface area contributed by atoms with E-state index in [2.05, 4.69) is 37.5 Å². The molecule has 0 fully saturated rings. The van der Waals surface area contributed by atoms with E-state index >= 15 is 0 Å². The van der Waals surface area contributed by atoms with Gasteiger partial charge in [0.15, 0.2) is 0 Å². The minimum atomic E-state index is 0.951. The molecule has 0 heterocycles. The summed E-state index contributed by atoms with van der Waals surface area (Å²) >= 11 is 0. The Bertz CT molecular complexity index is 346. The second kappa shape index (κ2) is 5.35. The molecule has 0 spiro atoms. The average molecular weight is 198 g/mol. The molecule has 1 rings (SSSR count). The van der Waals surface area contributed by atoms with Crippen molar-refractivity contribution in [3.63, 3.8) is 0 Å². The van der Waals surface area contributed by atoms with E-state index in [1.165, 1.54) is 22.3 Å². The van der Waals surface area contributed by atoms with Crippen LogP contribution in [0.4, 0.5) is 0 Å². The van der Waals surface area contributed by atoms with Crippen molar-refractivity contribution in [3.05, 3.63) is 71.9 Å². The van der Waals surface area contributed by atoms with Gasteiger partial charge < -0.3 is 0 Å². The van der Waals surface area contributed by atoms with Crippen LogP contribution in [0.3, 0.4) is 0 Å². The summed E-state index contributed by atoms with van der Waals surface area (Å²) in [6.07, 6.45) is 13.2. The molecule has 0 atom stereocenters. The second-order valence-electron chi connectivity index (χ2n) is 3.46. The summed E-state index contributed by atoms with van der Waals surface area (Å²) in [5.74, 6) is 0. The van der Waals surface area contributed by atoms with E-state index in [9.17, 15) is 0 Å². The molecule has 0 unspecified atom stereocenters. The Balaban J connectivity index is 3.26. The molecule has 0 aliphatic heterocycles. The topological polar surface area (TPSA) is 0 Å². The predicted molar refractivity (Wildman–Crippen MR) is 68.7 cm³/mol. The third kappa shape index (κ3) is 2.27. The van der Waals surface area contributed by atoms with Gasteiger partial charge in [0.1, 0.15) is 0 Å². The van der Waals surface area contributed by atoms with Gasteiger partial charge in [-0.3, -0.25) is 0 Å². The van der Waals surface area contributed by atoms with Gasteiger partial charge >= 0.3 is 0 Å². The summed E-state index contributed by atoms with van der Waals surface area (Å²) in [5, 5.41) is 0. The molecule has 0 radical (unpaired) electrons. The van der Waals surface area contributed by atoms with E-state index in [0.29, 0.717) is 0 Å². The van der Waals surface area contributed by atoms with Gasteiger partial charge in [0, 0.05) is 0 Å². The minimum absolute atomic E-state index is 0.951. The van der Waals surface area contributed by atoms with Crippen LogP contribution in [0.2, 0.25) is 0 Å². The van der Waals surface area contributed by atoms with E-state index in [1.54, 1.807) is 0 Å². The lowest BCUT2D eigenvalue weighted by atomic mass is 10.0. The zero-order valence-electron chi connectivity index (χ0n) is 9.59. The zero-order chi connectivity index (χ0) is 11.3. The lowest BCUT2D eigenvalue weighted by molar-refractivity contribution is 1.25. The summed E-state index contributed by atoms with van der Waals surface area (Å²) in [6.45, 7) is 11.8. The highest BCUT2D eigenvalue weighted by Gasteiger charge is 2.16. The quantitative estimate of drug-likeness (QED) is 0.623. The highest BCUT2D eigenvalue weighted by Crippen LogP contribution is 2.35. The fourth-order valence-electron chi connectivity index (χ4n) is 1.83. The van der Waals surface area contributed by atoms with Gasteiger partial charge in [-0.05, 0) is 42.6 Å². The standard InChI is InChI=1S/C15H18/c1-5-9-14-12(7-3)11-13(8-4)15(14)10-6-2/h5-10H,3-4,11H2,1-2H3/b9-5-,10-6-. The van der Waals surface area contributed by atoms with Crippen LogP contribution in [0.15, 0.2) is 71.9 Å². The van der Waals surface area contributed by atoms with Crippen molar-refractivity contribution in [3.8, 4) is 0 Å². The van der Waals surface area contributed by atoms with E-state index in [0.717, 1.165) is 6.42 Å². The highest BCUT2D eigenvalue weighted by molar-refractivity contribution is 5.62. The molecule has 0 N–H and O–H groups in total. The maximum absolute atomic E-state index is 3.86. The van der Waals surface area contributed by atoms with E-state index < -0.39 is 0 Å². The largest absolute Gasteiger partial charge is 0.0988 e. The first-order valence-electron chi connectivity index (χ1n) is 5.25. The lowest BCUT2D eigenvalue weighted by Gasteiger charge is -2.01. The van der Waals surface area contributed by atoms with Crippen molar-refractivity contribution >= 4 is 0 Å². The molecule has 0 saturated carbocycles. The van der Waals surface area contributed by atoms with Gasteiger partial charge in [-0.2, -0.15) is 0 Å². The van der Waals surface area contributed by atoms with E-state index in [1.807, 2.05) is 26.0 Å². The summed E-state index contributed by atoms with van der Waals surface area (Å²) in [6, 6.07) is 0. The molecular weight excluding hydrogens is 180 g/mol. The molecule has 0 aromatic heterocycles. The van der Waals surface area contributed by atoms with Crippen molar-refractivity contribution in [2.45, 2.75) is 20.3 Å². The second-order valence-corrected chi connectivity index (χ2v) is 3.46. The predicted octanol–water partition coefficient (Wildman–Crippen LogP) is 4.51. The third-order valence-corrected chi connectivity index (χ3v) is 2.52. The van der Waals surface area contributed by atoms with Gasteiger partial charge in [-0.15, -0.1) is 0 Å². The summed E-state index contributed by atoms with van der Waals surface area (Å²) in [5.41, 5.74) is 5.13. The SMILES string of the molecule is C=CC1=C(/C=C\C)C(/C=C\C)=C(C=C)C1. The molecule has 0 nitrogen and oxygen atoms in total. The molecule has 0 aromatic carbocycles. The molecule has 0 heteroatoms. The van der Waals surface area contributed by atoms with Crippen LogP contribution >= 0.6 is 0 Å². The third-order valence-electron chi connectivity index (χ3n) is 2.52. The molecule has 1 aliphatic carbocycles. The Hall–Kier alpha value is -1.56. The molecule has 78 valence electrons. The van der Waals surface area contributed by atoms with Crippen LogP contribution in [0.1, 0.15) is 20.3 Å². The first-order valence-corrected chi connectivity index (χ1v) is 5.25. The minimum Gasteiger partial charge on any atom is -0.0988 e. The number of hydrogen-bond donors (Lipinski definition) is 0. The van der Waals surface area contributed by atoms with E-state index in [4.69, 9.17) is 0 Å². The monoisotopic (exact) mass is 198 g/mol. The molecular formula is C15H18. The van der Waals surface area contributed by atoms with Crippen molar-refractivity contribution in [2.24, 2.45) is 0 Å². The first kappa shape index (κ1) is 11.5. The fraction of sp³-hybridized carbons (Fsp3) is 0.200. The van der Waals surface area contributed by atoms with Crippen molar-refractivity contribution in [1.82, 2.24) is 0 Å². The summed E-state index contributed by atoms with van der Waals surface area (Å²) in [7, 11) is 0. The Kier molecular flexibility index (Phi) is 4.11. The number of rotatable bonds is 4. The Morgan fingerprint density at radius 3 is 1.53 bits per heavy atom. The Morgan fingerprint density at radius 1 is 0.867 bits per heavy atom. The van der Waals surface area contributed by atoms with Gasteiger partial charge in [-0.1, -0.05) is 49.6 Å².